The third-order valence-electron chi connectivity index (χ3n) is 3.12. The monoisotopic (exact) mass is 194 g/mol. The summed E-state index contributed by atoms with van der Waals surface area (Å²) in [6, 6.07) is 0. The molecule has 3 heteroatoms. The molecular weight excluding hydrogens is 176 g/mol. The molecule has 0 atom stereocenters. The molecule has 3 nitrogen and oxygen atoms in total. The third-order valence-corrected chi connectivity index (χ3v) is 3.12. The van der Waals surface area contributed by atoms with Crippen LogP contribution in [0.25, 0.3) is 0 Å². The lowest BCUT2D eigenvalue weighted by Gasteiger charge is -2.40. The topological polar surface area (TPSA) is 23.6 Å². The number of hydrogen-bond acceptors (Lipinski definition) is 2. The summed E-state index contributed by atoms with van der Waals surface area (Å²) in [5.41, 5.74) is 0. The van der Waals surface area contributed by atoms with Gasteiger partial charge in [-0.25, -0.2) is 0 Å². The average Bonchev–Trinajstić information content (AvgIpc) is 2.17. The Hall–Kier alpha value is -0.830. The van der Waals surface area contributed by atoms with Crippen LogP contribution in [0.3, 0.4) is 0 Å². The van der Waals surface area contributed by atoms with Crippen molar-refractivity contribution in [3.8, 4) is 0 Å². The van der Waals surface area contributed by atoms with Crippen LogP contribution in [0.1, 0.15) is 13.3 Å². The van der Waals surface area contributed by atoms with E-state index in [4.69, 9.17) is 0 Å². The molecule has 0 aromatic rings. The van der Waals surface area contributed by atoms with Crippen LogP contribution in [0.4, 0.5) is 0 Å². The van der Waals surface area contributed by atoms with Gasteiger partial charge in [0.25, 0.3) is 0 Å². The van der Waals surface area contributed by atoms with Gasteiger partial charge in [0.05, 0.1) is 5.92 Å². The number of amides is 1. The molecule has 2 aliphatic rings. The van der Waals surface area contributed by atoms with E-state index in [-0.39, 0.29) is 5.92 Å². The summed E-state index contributed by atoms with van der Waals surface area (Å²) < 4.78 is 0. The van der Waals surface area contributed by atoms with E-state index in [1.165, 1.54) is 0 Å². The summed E-state index contributed by atoms with van der Waals surface area (Å²) >= 11 is 0. The maximum atomic E-state index is 11.9. The van der Waals surface area contributed by atoms with Crippen molar-refractivity contribution < 1.29 is 4.79 Å². The molecule has 0 N–H and O–H groups in total. The van der Waals surface area contributed by atoms with E-state index < -0.39 is 0 Å². The van der Waals surface area contributed by atoms with E-state index in [1.807, 2.05) is 4.90 Å². The Kier molecular flexibility index (Phi) is 2.87. The van der Waals surface area contributed by atoms with Gasteiger partial charge in [0, 0.05) is 26.2 Å². The molecule has 0 bridgehead atoms. The first-order chi connectivity index (χ1) is 6.81. The summed E-state index contributed by atoms with van der Waals surface area (Å²) in [5, 5.41) is 0. The van der Waals surface area contributed by atoms with E-state index in [9.17, 15) is 4.79 Å². The quantitative estimate of drug-likeness (QED) is 0.605. The van der Waals surface area contributed by atoms with Crippen molar-refractivity contribution in [2.75, 3.05) is 32.7 Å². The Morgan fingerprint density at radius 3 is 2.79 bits per heavy atom. The van der Waals surface area contributed by atoms with Gasteiger partial charge in [-0.1, -0.05) is 19.1 Å². The Morgan fingerprint density at radius 2 is 2.21 bits per heavy atom. The molecular formula is C11H18N2O. The second kappa shape index (κ2) is 4.13. The van der Waals surface area contributed by atoms with Crippen LogP contribution < -0.4 is 0 Å². The van der Waals surface area contributed by atoms with Gasteiger partial charge in [0.1, 0.15) is 0 Å². The summed E-state index contributed by atoms with van der Waals surface area (Å²) in [5.74, 6) is 0.639. The predicted molar refractivity (Wildman–Crippen MR) is 55.9 cm³/mol. The lowest BCUT2D eigenvalue weighted by atomic mass is 9.98. The smallest absolute Gasteiger partial charge is 0.228 e. The van der Waals surface area contributed by atoms with Gasteiger partial charge in [-0.15, -0.1) is 0 Å². The molecule has 14 heavy (non-hydrogen) atoms. The van der Waals surface area contributed by atoms with Crippen molar-refractivity contribution in [3.05, 3.63) is 12.2 Å². The van der Waals surface area contributed by atoms with Gasteiger partial charge >= 0.3 is 0 Å². The molecule has 0 aliphatic carbocycles. The number of carbonyl (C=O) groups excluding carboxylic acids is 1. The van der Waals surface area contributed by atoms with Crippen LogP contribution in [-0.4, -0.2) is 48.4 Å². The molecule has 0 unspecified atom stereocenters. The highest BCUT2D eigenvalue weighted by Crippen LogP contribution is 2.18. The molecule has 0 aromatic heterocycles. The maximum absolute atomic E-state index is 11.9. The second-order valence-electron chi connectivity index (χ2n) is 4.09. The zero-order valence-electron chi connectivity index (χ0n) is 8.78. The Balaban J connectivity index is 1.81. The van der Waals surface area contributed by atoms with Gasteiger partial charge in [-0.05, 0) is 13.0 Å². The van der Waals surface area contributed by atoms with E-state index in [0.717, 1.165) is 39.1 Å². The molecule has 1 saturated heterocycles. The molecule has 0 aromatic carbocycles. The molecule has 1 amide bonds. The lowest BCUT2D eigenvalue weighted by Crippen LogP contribution is -2.54. The molecule has 2 heterocycles. The lowest BCUT2D eigenvalue weighted by molar-refractivity contribution is -0.140. The zero-order valence-corrected chi connectivity index (χ0v) is 8.78. The highest BCUT2D eigenvalue weighted by atomic mass is 16.2. The molecule has 0 radical (unpaired) electrons. The van der Waals surface area contributed by atoms with Gasteiger partial charge in [0.15, 0.2) is 0 Å². The predicted octanol–water partition coefficient (Wildman–Crippen LogP) is 0.727. The van der Waals surface area contributed by atoms with Crippen molar-refractivity contribution in [2.24, 2.45) is 5.92 Å². The summed E-state index contributed by atoms with van der Waals surface area (Å²) in [7, 11) is 0. The first-order valence-corrected chi connectivity index (χ1v) is 5.47. The SMILES string of the molecule is CCN1CC(C(=O)N2CC=CCC2)C1. The summed E-state index contributed by atoms with van der Waals surface area (Å²) in [6.45, 7) is 6.89. The van der Waals surface area contributed by atoms with E-state index >= 15 is 0 Å². The van der Waals surface area contributed by atoms with Gasteiger partial charge in [-0.3, -0.25) is 4.79 Å². The Morgan fingerprint density at radius 1 is 1.43 bits per heavy atom. The number of rotatable bonds is 2. The van der Waals surface area contributed by atoms with Gasteiger partial charge in [-0.2, -0.15) is 0 Å². The van der Waals surface area contributed by atoms with Crippen molar-refractivity contribution in [1.29, 1.82) is 0 Å². The highest BCUT2D eigenvalue weighted by molar-refractivity contribution is 5.80. The van der Waals surface area contributed by atoms with Gasteiger partial charge in [0.2, 0.25) is 5.91 Å². The highest BCUT2D eigenvalue weighted by Gasteiger charge is 2.34. The van der Waals surface area contributed by atoms with Crippen LogP contribution in [0.5, 0.6) is 0 Å². The molecule has 1 fully saturated rings. The minimum atomic E-state index is 0.279. The minimum Gasteiger partial charge on any atom is -0.338 e. The first-order valence-electron chi connectivity index (χ1n) is 5.47. The average molecular weight is 194 g/mol. The maximum Gasteiger partial charge on any atom is 0.228 e. The van der Waals surface area contributed by atoms with Crippen molar-refractivity contribution >= 4 is 5.91 Å². The molecule has 0 spiro atoms. The standard InChI is InChI=1S/C11H18N2O/c1-2-12-8-10(9-12)11(14)13-6-4-3-5-7-13/h3-4,10H,2,5-9H2,1H3. The Labute approximate surface area is 85.4 Å². The van der Waals surface area contributed by atoms with E-state index in [0.29, 0.717) is 5.91 Å². The second-order valence-corrected chi connectivity index (χ2v) is 4.09. The van der Waals surface area contributed by atoms with Crippen LogP contribution >= 0.6 is 0 Å². The van der Waals surface area contributed by atoms with Crippen LogP contribution in [-0.2, 0) is 4.79 Å². The molecule has 2 rings (SSSR count). The summed E-state index contributed by atoms with van der Waals surface area (Å²) in [4.78, 5) is 16.2. The van der Waals surface area contributed by atoms with Crippen molar-refractivity contribution in [2.45, 2.75) is 13.3 Å². The van der Waals surface area contributed by atoms with Crippen LogP contribution in [0.2, 0.25) is 0 Å². The van der Waals surface area contributed by atoms with Gasteiger partial charge < -0.3 is 9.80 Å². The first kappa shape index (κ1) is 9.71. The largest absolute Gasteiger partial charge is 0.338 e. The molecule has 0 saturated carbocycles. The van der Waals surface area contributed by atoms with Crippen LogP contribution in [0.15, 0.2) is 12.2 Å². The third kappa shape index (κ3) is 1.82. The number of hydrogen-bond donors (Lipinski definition) is 0. The minimum absolute atomic E-state index is 0.279. The van der Waals surface area contributed by atoms with E-state index in [1.54, 1.807) is 0 Å². The van der Waals surface area contributed by atoms with E-state index in [2.05, 4.69) is 24.0 Å². The fourth-order valence-corrected chi connectivity index (χ4v) is 2.08. The van der Waals surface area contributed by atoms with Crippen molar-refractivity contribution in [1.82, 2.24) is 9.80 Å². The number of likely N-dealkylation sites (tertiary alicyclic amines) is 1. The molecule has 2 aliphatic heterocycles. The van der Waals surface area contributed by atoms with Crippen molar-refractivity contribution in [3.63, 3.8) is 0 Å². The number of nitrogens with zero attached hydrogens (tertiary/aromatic N) is 2. The Bertz CT molecular complexity index is 244. The van der Waals surface area contributed by atoms with Crippen LogP contribution in [0, 0.1) is 5.92 Å². The zero-order chi connectivity index (χ0) is 9.97. The fourth-order valence-electron chi connectivity index (χ4n) is 2.08. The summed E-state index contributed by atoms with van der Waals surface area (Å²) in [6.07, 6.45) is 5.27. The normalized spacial score (nSPS) is 23.6. The molecule has 78 valence electrons. The number of carbonyl (C=O) groups is 1. The fraction of sp³-hybridized carbons (Fsp3) is 0.727.